The number of nitrogens with zero attached hydrogens (tertiary/aromatic N) is 5. The Balaban J connectivity index is 1.73. The van der Waals surface area contributed by atoms with Crippen molar-refractivity contribution >= 4 is 23.6 Å². The van der Waals surface area contributed by atoms with E-state index in [9.17, 15) is 9.59 Å². The fraction of sp³-hybridized carbons (Fsp3) is 0.786. The number of amides is 1. The Morgan fingerprint density at radius 1 is 1.42 bits per heavy atom. The minimum Gasteiger partial charge on any atom is -0.440 e. The minimum absolute atomic E-state index is 0.0526. The zero-order valence-electron chi connectivity index (χ0n) is 14.4. The number of β-lactam (4-membered cyclic amide) rings is 1. The molecule has 3 heterocycles. The zero-order chi connectivity index (χ0) is 17.9. The molecule has 2 aliphatic heterocycles. The molecule has 9 nitrogen and oxygen atoms in total. The average Bonchev–Trinajstić information content (AvgIpc) is 3.03. The van der Waals surface area contributed by atoms with E-state index in [1.165, 1.54) is 4.80 Å². The van der Waals surface area contributed by atoms with Crippen LogP contribution in [0.2, 0.25) is 0 Å². The van der Waals surface area contributed by atoms with Crippen molar-refractivity contribution in [2.75, 3.05) is 0 Å². The SMILES string of the molecule is CC(C)(C)C(=O)OCn1nnc(C2N3C(=O)C(N)[C@@H]3SC2(C)C)n1. The molecule has 1 aromatic rings. The molecule has 0 bridgehead atoms. The van der Waals surface area contributed by atoms with Crippen molar-refractivity contribution < 1.29 is 14.3 Å². The van der Waals surface area contributed by atoms with E-state index in [0.717, 1.165) is 0 Å². The first-order valence-corrected chi connectivity index (χ1v) is 8.61. The summed E-state index contributed by atoms with van der Waals surface area (Å²) in [5, 5.41) is 12.2. The van der Waals surface area contributed by atoms with Crippen molar-refractivity contribution in [3.05, 3.63) is 5.82 Å². The topological polar surface area (TPSA) is 116 Å². The molecule has 0 saturated carbocycles. The second-order valence-electron chi connectivity index (χ2n) is 7.62. The molecule has 10 heteroatoms. The molecule has 0 spiro atoms. The number of rotatable bonds is 3. The van der Waals surface area contributed by atoms with Gasteiger partial charge in [0.25, 0.3) is 0 Å². The molecule has 0 aliphatic carbocycles. The molecule has 2 aliphatic rings. The number of aromatic nitrogens is 4. The highest BCUT2D eigenvalue weighted by Gasteiger charge is 2.61. The molecule has 2 saturated heterocycles. The van der Waals surface area contributed by atoms with Gasteiger partial charge >= 0.3 is 5.97 Å². The number of hydrogen-bond donors (Lipinski definition) is 1. The zero-order valence-corrected chi connectivity index (χ0v) is 15.2. The molecule has 2 fully saturated rings. The van der Waals surface area contributed by atoms with Crippen LogP contribution in [0.4, 0.5) is 0 Å². The van der Waals surface area contributed by atoms with E-state index in [-0.39, 0.29) is 34.8 Å². The van der Waals surface area contributed by atoms with Crippen molar-refractivity contribution in [3.63, 3.8) is 0 Å². The molecule has 2 N–H and O–H groups in total. The van der Waals surface area contributed by atoms with Crippen molar-refractivity contribution in [1.29, 1.82) is 0 Å². The van der Waals surface area contributed by atoms with Crippen LogP contribution in [-0.2, 0) is 21.1 Å². The van der Waals surface area contributed by atoms with Gasteiger partial charge in [-0.3, -0.25) is 9.59 Å². The second-order valence-corrected chi connectivity index (χ2v) is 9.39. The van der Waals surface area contributed by atoms with Crippen molar-refractivity contribution in [2.24, 2.45) is 11.1 Å². The van der Waals surface area contributed by atoms with E-state index >= 15 is 0 Å². The van der Waals surface area contributed by atoms with Crippen LogP contribution >= 0.6 is 11.8 Å². The highest BCUT2D eigenvalue weighted by molar-refractivity contribution is 8.01. The Kier molecular flexibility index (Phi) is 3.87. The summed E-state index contributed by atoms with van der Waals surface area (Å²) in [6.45, 7) is 9.26. The molecule has 24 heavy (non-hydrogen) atoms. The lowest BCUT2D eigenvalue weighted by atomic mass is 9.96. The number of ether oxygens (including phenoxy) is 1. The van der Waals surface area contributed by atoms with Gasteiger partial charge in [0.1, 0.15) is 17.5 Å². The lowest BCUT2D eigenvalue weighted by Gasteiger charge is -2.41. The van der Waals surface area contributed by atoms with Gasteiger partial charge < -0.3 is 15.4 Å². The minimum atomic E-state index is -0.596. The van der Waals surface area contributed by atoms with Gasteiger partial charge in [-0.2, -0.15) is 0 Å². The fourth-order valence-electron chi connectivity index (χ4n) is 2.81. The molecule has 1 aromatic heterocycles. The number of carbonyl (C=O) groups excluding carboxylic acids is 2. The molecule has 0 aromatic carbocycles. The Morgan fingerprint density at radius 3 is 2.71 bits per heavy atom. The number of nitrogens with two attached hydrogens (primary N) is 1. The summed E-state index contributed by atoms with van der Waals surface area (Å²) in [4.78, 5) is 26.8. The number of thioether (sulfide) groups is 1. The van der Waals surface area contributed by atoms with E-state index in [1.807, 2.05) is 13.8 Å². The quantitative estimate of drug-likeness (QED) is 0.608. The number of esters is 1. The maximum atomic E-state index is 12.1. The third-order valence-corrected chi connectivity index (χ3v) is 5.71. The van der Waals surface area contributed by atoms with Crippen molar-refractivity contribution in [1.82, 2.24) is 25.1 Å². The van der Waals surface area contributed by atoms with Crippen LogP contribution in [0.5, 0.6) is 0 Å². The number of tetrazole rings is 1. The van der Waals surface area contributed by atoms with Gasteiger partial charge in [-0.15, -0.1) is 26.8 Å². The first-order valence-electron chi connectivity index (χ1n) is 7.73. The monoisotopic (exact) mass is 354 g/mol. The standard InChI is InChI=1S/C14H22N6O3S/c1-13(2,3)12(22)23-6-19-17-9(16-18-19)8-14(4,5)24-11-7(15)10(21)20(8)11/h7-8,11H,6,15H2,1-5H3/t7?,8?,11-/m0/s1. The predicted molar refractivity (Wildman–Crippen MR) is 86.4 cm³/mol. The highest BCUT2D eigenvalue weighted by atomic mass is 32.2. The van der Waals surface area contributed by atoms with Crippen molar-refractivity contribution in [3.8, 4) is 0 Å². The van der Waals surface area contributed by atoms with Gasteiger partial charge in [0, 0.05) is 4.75 Å². The van der Waals surface area contributed by atoms with Crippen LogP contribution in [0.15, 0.2) is 0 Å². The summed E-state index contributed by atoms with van der Waals surface area (Å²) in [5.41, 5.74) is 5.27. The van der Waals surface area contributed by atoms with E-state index in [0.29, 0.717) is 5.82 Å². The van der Waals surface area contributed by atoms with Gasteiger partial charge in [0.15, 0.2) is 5.82 Å². The lowest BCUT2D eigenvalue weighted by Crippen LogP contribution is -2.65. The van der Waals surface area contributed by atoms with Gasteiger partial charge in [0.2, 0.25) is 12.6 Å². The summed E-state index contributed by atoms with van der Waals surface area (Å²) in [6, 6.07) is -0.770. The average molecular weight is 354 g/mol. The molecular weight excluding hydrogens is 332 g/mol. The van der Waals surface area contributed by atoms with Gasteiger partial charge in [-0.25, -0.2) is 0 Å². The third-order valence-electron chi connectivity index (χ3n) is 4.12. The van der Waals surface area contributed by atoms with E-state index < -0.39 is 11.5 Å². The second kappa shape index (κ2) is 5.41. The molecule has 132 valence electrons. The number of hydrogen-bond acceptors (Lipinski definition) is 8. The largest absolute Gasteiger partial charge is 0.440 e. The highest BCUT2D eigenvalue weighted by Crippen LogP contribution is 2.56. The summed E-state index contributed by atoms with van der Waals surface area (Å²) < 4.78 is 4.90. The molecule has 3 atom stereocenters. The molecular formula is C14H22N6O3S. The number of carbonyl (C=O) groups is 2. The summed E-state index contributed by atoms with van der Waals surface area (Å²) in [5.74, 6) is -0.0114. The molecule has 0 radical (unpaired) electrons. The lowest BCUT2D eigenvalue weighted by molar-refractivity contribution is -0.157. The van der Waals surface area contributed by atoms with Gasteiger partial charge in [-0.05, 0) is 39.8 Å². The third kappa shape index (κ3) is 2.67. The van der Waals surface area contributed by atoms with E-state index in [2.05, 4.69) is 15.4 Å². The Bertz CT molecular complexity index is 682. The predicted octanol–water partition coefficient (Wildman–Crippen LogP) is 0.282. The van der Waals surface area contributed by atoms with Crippen LogP contribution in [-0.4, -0.2) is 53.1 Å². The Morgan fingerprint density at radius 2 is 2.08 bits per heavy atom. The first-order chi connectivity index (χ1) is 11.0. The van der Waals surface area contributed by atoms with Crippen LogP contribution in [0.25, 0.3) is 0 Å². The van der Waals surface area contributed by atoms with Crippen LogP contribution in [0, 0.1) is 5.41 Å². The maximum Gasteiger partial charge on any atom is 0.313 e. The van der Waals surface area contributed by atoms with Gasteiger partial charge in [-0.1, -0.05) is 0 Å². The Labute approximate surface area is 144 Å². The molecule has 3 rings (SSSR count). The van der Waals surface area contributed by atoms with Gasteiger partial charge in [0.05, 0.1) is 5.41 Å². The summed E-state index contributed by atoms with van der Waals surface area (Å²) in [6.07, 6.45) is 0. The first kappa shape index (κ1) is 17.2. The fourth-order valence-corrected chi connectivity index (χ4v) is 4.39. The maximum absolute atomic E-state index is 12.1. The van der Waals surface area contributed by atoms with Crippen LogP contribution < -0.4 is 5.73 Å². The normalized spacial score (nSPS) is 28.5. The van der Waals surface area contributed by atoms with Crippen LogP contribution in [0.1, 0.15) is 46.5 Å². The summed E-state index contributed by atoms with van der Waals surface area (Å²) >= 11 is 1.64. The smallest absolute Gasteiger partial charge is 0.313 e. The van der Waals surface area contributed by atoms with E-state index in [4.69, 9.17) is 10.5 Å². The molecule has 2 unspecified atom stereocenters. The number of fused-ring (bicyclic) bond motifs is 1. The van der Waals surface area contributed by atoms with Crippen LogP contribution in [0.3, 0.4) is 0 Å². The van der Waals surface area contributed by atoms with Crippen molar-refractivity contribution in [2.45, 2.75) is 63.6 Å². The molecule has 1 amide bonds. The Hall–Kier alpha value is -1.68. The summed E-state index contributed by atoms with van der Waals surface area (Å²) in [7, 11) is 0. The van der Waals surface area contributed by atoms with E-state index in [1.54, 1.807) is 37.4 Å².